The molecule has 1 N–H and O–H groups in total. The van der Waals surface area contributed by atoms with Gasteiger partial charge in [0.25, 0.3) is 0 Å². The smallest absolute Gasteiger partial charge is 0.320 e. The molecule has 5 fully saturated rings. The maximum atomic E-state index is 13.2. The lowest BCUT2D eigenvalue weighted by Gasteiger charge is -2.53. The normalized spacial score (nSPS) is 32.9. The van der Waals surface area contributed by atoms with E-state index in [-0.39, 0.29) is 23.9 Å². The Bertz CT molecular complexity index is 684. The van der Waals surface area contributed by atoms with E-state index in [1.165, 1.54) is 12.8 Å². The summed E-state index contributed by atoms with van der Waals surface area (Å²) in [5.41, 5.74) is 0. The number of fused-ring (bicyclic) bond motifs is 4. The molecule has 0 aromatic heterocycles. The number of piperidine rings is 4. The molecule has 2 bridgehead atoms. The monoisotopic (exact) mass is 416 g/mol. The number of carbonyl (C=O) groups excluding carboxylic acids is 3. The van der Waals surface area contributed by atoms with Crippen LogP contribution in [-0.2, 0) is 9.59 Å². The summed E-state index contributed by atoms with van der Waals surface area (Å²) in [5.74, 6) is 1.63. The molecule has 4 amide bonds. The molecule has 3 atom stereocenters. The Labute approximate surface area is 179 Å². The van der Waals surface area contributed by atoms with Crippen molar-refractivity contribution in [3.8, 4) is 0 Å². The molecule has 166 valence electrons. The van der Waals surface area contributed by atoms with Crippen LogP contribution in [0.1, 0.15) is 64.2 Å². The molecular formula is C23H36N4O3. The van der Waals surface area contributed by atoms with E-state index in [1.54, 1.807) is 0 Å². The molecule has 4 heterocycles. The fourth-order valence-electron chi connectivity index (χ4n) is 6.69. The predicted molar refractivity (Wildman–Crippen MR) is 113 cm³/mol. The molecule has 4 saturated heterocycles. The van der Waals surface area contributed by atoms with Gasteiger partial charge in [0.15, 0.2) is 0 Å². The summed E-state index contributed by atoms with van der Waals surface area (Å²) in [4.78, 5) is 44.1. The molecule has 7 nitrogen and oxygen atoms in total. The standard InChI is InChI=1S/C23H36N4O3/c28-21-7-3-6-20-18-12-16(14-27(20)21)13-26(15-18)23(30)25-10-8-19(9-11-25)24-22(29)17-4-1-2-5-17/h16-20H,1-15H2,(H,24,29)/t16?,18?,20-/m1/s1. The molecule has 1 saturated carbocycles. The average molecular weight is 417 g/mol. The summed E-state index contributed by atoms with van der Waals surface area (Å²) in [6, 6.07) is 0.722. The van der Waals surface area contributed by atoms with E-state index in [0.717, 1.165) is 77.7 Å². The van der Waals surface area contributed by atoms with Crippen molar-refractivity contribution in [2.75, 3.05) is 32.7 Å². The molecule has 0 spiro atoms. The minimum absolute atomic E-state index is 0.167. The van der Waals surface area contributed by atoms with Gasteiger partial charge in [0, 0.05) is 57.1 Å². The molecule has 2 unspecified atom stereocenters. The molecule has 30 heavy (non-hydrogen) atoms. The van der Waals surface area contributed by atoms with Crippen molar-refractivity contribution in [1.82, 2.24) is 20.0 Å². The second-order valence-corrected chi connectivity index (χ2v) is 10.3. The van der Waals surface area contributed by atoms with Gasteiger partial charge in [-0.2, -0.15) is 0 Å². The Kier molecular flexibility index (Phi) is 5.63. The number of amides is 4. The number of rotatable bonds is 2. The lowest BCUT2D eigenvalue weighted by Crippen LogP contribution is -2.62. The van der Waals surface area contributed by atoms with Gasteiger partial charge in [-0.15, -0.1) is 0 Å². The number of hydrogen-bond donors (Lipinski definition) is 1. The molecule has 0 radical (unpaired) electrons. The van der Waals surface area contributed by atoms with E-state index >= 15 is 0 Å². The van der Waals surface area contributed by atoms with Gasteiger partial charge in [-0.25, -0.2) is 4.79 Å². The van der Waals surface area contributed by atoms with Crippen LogP contribution in [0.25, 0.3) is 0 Å². The largest absolute Gasteiger partial charge is 0.353 e. The van der Waals surface area contributed by atoms with Gasteiger partial charge in [-0.1, -0.05) is 12.8 Å². The maximum absolute atomic E-state index is 13.2. The Morgan fingerprint density at radius 3 is 2.40 bits per heavy atom. The second kappa shape index (κ2) is 8.39. The fraction of sp³-hybridized carbons (Fsp3) is 0.870. The van der Waals surface area contributed by atoms with Crippen molar-refractivity contribution in [1.29, 1.82) is 0 Å². The second-order valence-electron chi connectivity index (χ2n) is 10.3. The van der Waals surface area contributed by atoms with Crippen LogP contribution in [0.2, 0.25) is 0 Å². The Morgan fingerprint density at radius 1 is 0.867 bits per heavy atom. The van der Waals surface area contributed by atoms with Gasteiger partial charge in [0.05, 0.1) is 0 Å². The van der Waals surface area contributed by atoms with Crippen LogP contribution in [-0.4, -0.2) is 77.4 Å². The van der Waals surface area contributed by atoms with Crippen molar-refractivity contribution < 1.29 is 14.4 Å². The predicted octanol–water partition coefficient (Wildman–Crippen LogP) is 2.21. The minimum atomic E-state index is 0.167. The van der Waals surface area contributed by atoms with Crippen LogP contribution < -0.4 is 5.32 Å². The van der Waals surface area contributed by atoms with Crippen molar-refractivity contribution >= 4 is 17.8 Å². The van der Waals surface area contributed by atoms with Crippen LogP contribution in [0.15, 0.2) is 0 Å². The highest BCUT2D eigenvalue weighted by Crippen LogP contribution is 2.38. The first-order valence-corrected chi connectivity index (χ1v) is 12.2. The lowest BCUT2D eigenvalue weighted by molar-refractivity contribution is -0.144. The summed E-state index contributed by atoms with van der Waals surface area (Å²) >= 11 is 0. The van der Waals surface area contributed by atoms with E-state index in [0.29, 0.717) is 30.2 Å². The van der Waals surface area contributed by atoms with Crippen molar-refractivity contribution in [3.63, 3.8) is 0 Å². The van der Waals surface area contributed by atoms with Crippen LogP contribution in [0.5, 0.6) is 0 Å². The lowest BCUT2D eigenvalue weighted by atomic mass is 9.76. The Balaban J connectivity index is 1.13. The number of nitrogens with one attached hydrogen (secondary N) is 1. The molecule has 4 aliphatic heterocycles. The molecule has 7 heteroatoms. The summed E-state index contributed by atoms with van der Waals surface area (Å²) in [5, 5.41) is 3.24. The van der Waals surface area contributed by atoms with E-state index < -0.39 is 0 Å². The van der Waals surface area contributed by atoms with Crippen LogP contribution in [0, 0.1) is 17.8 Å². The van der Waals surface area contributed by atoms with Crippen LogP contribution >= 0.6 is 0 Å². The Morgan fingerprint density at radius 2 is 1.63 bits per heavy atom. The zero-order valence-electron chi connectivity index (χ0n) is 18.1. The van der Waals surface area contributed by atoms with Gasteiger partial charge in [0.1, 0.15) is 0 Å². The number of carbonyl (C=O) groups is 3. The van der Waals surface area contributed by atoms with Crippen LogP contribution in [0.4, 0.5) is 4.79 Å². The fourth-order valence-corrected chi connectivity index (χ4v) is 6.69. The van der Waals surface area contributed by atoms with Gasteiger partial charge >= 0.3 is 6.03 Å². The summed E-state index contributed by atoms with van der Waals surface area (Å²) in [7, 11) is 0. The van der Waals surface area contributed by atoms with E-state index in [1.807, 2.05) is 4.90 Å². The van der Waals surface area contributed by atoms with Crippen molar-refractivity contribution in [2.24, 2.45) is 17.8 Å². The van der Waals surface area contributed by atoms with Crippen molar-refractivity contribution in [2.45, 2.75) is 76.3 Å². The van der Waals surface area contributed by atoms with Gasteiger partial charge in [-0.05, 0) is 56.8 Å². The summed E-state index contributed by atoms with van der Waals surface area (Å²) < 4.78 is 0. The third-order valence-corrected chi connectivity index (χ3v) is 8.29. The molecular weight excluding hydrogens is 380 g/mol. The quantitative estimate of drug-likeness (QED) is 0.750. The average Bonchev–Trinajstić information content (AvgIpc) is 3.30. The number of urea groups is 1. The van der Waals surface area contributed by atoms with Crippen LogP contribution in [0.3, 0.4) is 0 Å². The zero-order valence-corrected chi connectivity index (χ0v) is 18.1. The van der Waals surface area contributed by atoms with Gasteiger partial charge < -0.3 is 20.0 Å². The third-order valence-electron chi connectivity index (χ3n) is 8.29. The minimum Gasteiger partial charge on any atom is -0.353 e. The number of hydrogen-bond acceptors (Lipinski definition) is 3. The molecule has 0 aromatic rings. The SMILES string of the molecule is O=C(NC1CCN(C(=O)N2CC3CC(C2)[C@H]2CCCC(=O)N2C3)CC1)C1CCCC1. The molecule has 5 rings (SSSR count). The molecule has 1 aliphatic carbocycles. The van der Waals surface area contributed by atoms with E-state index in [9.17, 15) is 14.4 Å². The molecule has 5 aliphatic rings. The third kappa shape index (κ3) is 3.92. The Hall–Kier alpha value is -1.79. The van der Waals surface area contributed by atoms with Crippen molar-refractivity contribution in [3.05, 3.63) is 0 Å². The maximum Gasteiger partial charge on any atom is 0.320 e. The first-order valence-electron chi connectivity index (χ1n) is 12.2. The number of likely N-dealkylation sites (tertiary alicyclic amines) is 2. The highest BCUT2D eigenvalue weighted by atomic mass is 16.2. The first-order chi connectivity index (χ1) is 14.6. The van der Waals surface area contributed by atoms with Gasteiger partial charge in [-0.3, -0.25) is 9.59 Å². The highest BCUT2D eigenvalue weighted by molar-refractivity contribution is 5.79. The van der Waals surface area contributed by atoms with E-state index in [2.05, 4.69) is 15.1 Å². The topological polar surface area (TPSA) is 73.0 Å². The van der Waals surface area contributed by atoms with Gasteiger partial charge in [0.2, 0.25) is 11.8 Å². The first kappa shape index (κ1) is 20.1. The summed E-state index contributed by atoms with van der Waals surface area (Å²) in [6.45, 7) is 3.87. The molecule has 0 aromatic carbocycles. The summed E-state index contributed by atoms with van der Waals surface area (Å²) in [6.07, 6.45) is 10.1. The van der Waals surface area contributed by atoms with E-state index in [4.69, 9.17) is 0 Å². The highest BCUT2D eigenvalue weighted by Gasteiger charge is 2.45. The number of nitrogens with zero attached hydrogens (tertiary/aromatic N) is 3. The zero-order chi connectivity index (χ0) is 20.7.